The molecule has 0 radical (unpaired) electrons. The molecule has 0 amide bonds. The number of hydrogen-bond donors (Lipinski definition) is 1. The molecule has 2 aromatic rings. The van der Waals surface area contributed by atoms with Crippen molar-refractivity contribution < 1.29 is 0 Å². The van der Waals surface area contributed by atoms with Gasteiger partial charge in [0.1, 0.15) is 4.34 Å². The van der Waals surface area contributed by atoms with Crippen molar-refractivity contribution in [2.24, 2.45) is 0 Å². The first-order valence-electron chi connectivity index (χ1n) is 4.15. The summed E-state index contributed by atoms with van der Waals surface area (Å²) >= 11 is 8.95. The van der Waals surface area contributed by atoms with E-state index in [9.17, 15) is 0 Å². The molecule has 1 unspecified atom stereocenters. The van der Waals surface area contributed by atoms with Gasteiger partial charge in [0, 0.05) is 0 Å². The Morgan fingerprint density at radius 3 is 3.00 bits per heavy atom. The summed E-state index contributed by atoms with van der Waals surface area (Å²) in [4.78, 5) is 4.14. The summed E-state index contributed by atoms with van der Waals surface area (Å²) in [5, 5.41) is 8.37. The number of anilines is 1. The Bertz CT molecular complexity index is 397. The second kappa shape index (κ2) is 4.29. The maximum Gasteiger partial charge on any atom is 0.184 e. The SMILES string of the molecule is CC(Nc1ncc(Cl)s1)c1ccsc1. The van der Waals surface area contributed by atoms with Gasteiger partial charge in [0.15, 0.2) is 5.13 Å². The maximum atomic E-state index is 5.79. The highest BCUT2D eigenvalue weighted by atomic mass is 35.5. The van der Waals surface area contributed by atoms with E-state index in [-0.39, 0.29) is 6.04 Å². The zero-order valence-corrected chi connectivity index (χ0v) is 9.92. The van der Waals surface area contributed by atoms with Crippen LogP contribution in [0.25, 0.3) is 0 Å². The first kappa shape index (κ1) is 9.96. The fraction of sp³-hybridized carbons (Fsp3) is 0.222. The number of thiazole rings is 1. The Hall–Kier alpha value is -0.580. The Balaban J connectivity index is 2.05. The Morgan fingerprint density at radius 2 is 2.43 bits per heavy atom. The molecule has 2 heterocycles. The van der Waals surface area contributed by atoms with Crippen LogP contribution in [0.3, 0.4) is 0 Å². The standard InChI is InChI=1S/C9H9ClN2S2/c1-6(7-2-3-13-5-7)12-9-11-4-8(10)14-9/h2-6H,1H3,(H,11,12). The van der Waals surface area contributed by atoms with Gasteiger partial charge in [-0.15, -0.1) is 0 Å². The number of hydrogen-bond acceptors (Lipinski definition) is 4. The van der Waals surface area contributed by atoms with Crippen LogP contribution in [-0.4, -0.2) is 4.98 Å². The van der Waals surface area contributed by atoms with Crippen molar-refractivity contribution in [2.45, 2.75) is 13.0 Å². The summed E-state index contributed by atoms with van der Waals surface area (Å²) in [7, 11) is 0. The highest BCUT2D eigenvalue weighted by molar-refractivity contribution is 7.19. The molecule has 0 fully saturated rings. The lowest BCUT2D eigenvalue weighted by Gasteiger charge is -2.10. The van der Waals surface area contributed by atoms with E-state index in [1.807, 2.05) is 0 Å². The first-order chi connectivity index (χ1) is 6.75. The second-order valence-corrected chi connectivity index (χ2v) is 5.33. The average molecular weight is 245 g/mol. The lowest BCUT2D eigenvalue weighted by molar-refractivity contribution is 0.887. The minimum atomic E-state index is 0.281. The zero-order valence-electron chi connectivity index (χ0n) is 7.53. The van der Waals surface area contributed by atoms with Crippen LogP contribution < -0.4 is 5.32 Å². The van der Waals surface area contributed by atoms with Crippen LogP contribution in [0.5, 0.6) is 0 Å². The van der Waals surface area contributed by atoms with Crippen molar-refractivity contribution in [1.29, 1.82) is 0 Å². The van der Waals surface area contributed by atoms with Gasteiger partial charge in [-0.05, 0) is 29.3 Å². The molecule has 1 atom stereocenters. The molecule has 0 aliphatic carbocycles. The van der Waals surface area contributed by atoms with Crippen molar-refractivity contribution in [1.82, 2.24) is 4.98 Å². The topological polar surface area (TPSA) is 24.9 Å². The number of nitrogens with one attached hydrogen (secondary N) is 1. The third-order valence-corrected chi connectivity index (χ3v) is 3.61. The zero-order chi connectivity index (χ0) is 9.97. The third-order valence-electron chi connectivity index (χ3n) is 1.86. The molecule has 0 spiro atoms. The monoisotopic (exact) mass is 244 g/mol. The molecule has 2 aromatic heterocycles. The van der Waals surface area contributed by atoms with Gasteiger partial charge in [-0.3, -0.25) is 0 Å². The van der Waals surface area contributed by atoms with Gasteiger partial charge in [-0.25, -0.2) is 4.98 Å². The van der Waals surface area contributed by atoms with Crippen LogP contribution in [-0.2, 0) is 0 Å². The lowest BCUT2D eigenvalue weighted by atomic mass is 10.2. The maximum absolute atomic E-state index is 5.79. The fourth-order valence-electron chi connectivity index (χ4n) is 1.11. The molecular formula is C9H9ClN2S2. The normalized spacial score (nSPS) is 12.7. The van der Waals surface area contributed by atoms with Crippen molar-refractivity contribution in [2.75, 3.05) is 5.32 Å². The molecule has 1 N–H and O–H groups in total. The highest BCUT2D eigenvalue weighted by Gasteiger charge is 2.07. The summed E-state index contributed by atoms with van der Waals surface area (Å²) in [5.41, 5.74) is 1.28. The van der Waals surface area contributed by atoms with E-state index in [1.54, 1.807) is 17.5 Å². The van der Waals surface area contributed by atoms with Crippen molar-refractivity contribution in [3.8, 4) is 0 Å². The van der Waals surface area contributed by atoms with E-state index >= 15 is 0 Å². The van der Waals surface area contributed by atoms with E-state index in [0.717, 1.165) is 5.13 Å². The van der Waals surface area contributed by atoms with Crippen molar-refractivity contribution in [3.05, 3.63) is 32.9 Å². The molecule has 0 aliphatic rings. The van der Waals surface area contributed by atoms with Gasteiger partial charge >= 0.3 is 0 Å². The van der Waals surface area contributed by atoms with Gasteiger partial charge in [-0.2, -0.15) is 11.3 Å². The van der Waals surface area contributed by atoms with E-state index in [1.165, 1.54) is 16.9 Å². The molecule has 0 saturated carbocycles. The van der Waals surface area contributed by atoms with Gasteiger partial charge in [0.25, 0.3) is 0 Å². The largest absolute Gasteiger partial charge is 0.355 e. The Morgan fingerprint density at radius 1 is 1.57 bits per heavy atom. The smallest absolute Gasteiger partial charge is 0.184 e. The molecule has 2 rings (SSSR count). The molecule has 14 heavy (non-hydrogen) atoms. The van der Waals surface area contributed by atoms with E-state index in [2.05, 4.69) is 34.1 Å². The van der Waals surface area contributed by atoms with Crippen molar-refractivity contribution in [3.63, 3.8) is 0 Å². The molecule has 2 nitrogen and oxygen atoms in total. The summed E-state index contributed by atoms with van der Waals surface area (Å²) in [6, 6.07) is 2.39. The molecule has 0 aliphatic heterocycles. The number of thiophene rings is 1. The molecule has 0 aromatic carbocycles. The van der Waals surface area contributed by atoms with Gasteiger partial charge in [-0.1, -0.05) is 22.9 Å². The highest BCUT2D eigenvalue weighted by Crippen LogP contribution is 2.27. The van der Waals surface area contributed by atoms with E-state index in [0.29, 0.717) is 4.34 Å². The molecule has 0 bridgehead atoms. The van der Waals surface area contributed by atoms with Crippen LogP contribution in [0.4, 0.5) is 5.13 Å². The minimum absolute atomic E-state index is 0.281. The third kappa shape index (κ3) is 2.26. The van der Waals surface area contributed by atoms with Crippen molar-refractivity contribution >= 4 is 39.4 Å². The van der Waals surface area contributed by atoms with Gasteiger partial charge in [0.2, 0.25) is 0 Å². The summed E-state index contributed by atoms with van der Waals surface area (Å²) < 4.78 is 0.713. The van der Waals surface area contributed by atoms with Crippen LogP contribution in [0, 0.1) is 0 Å². The molecule has 5 heteroatoms. The molecular weight excluding hydrogens is 236 g/mol. The quantitative estimate of drug-likeness (QED) is 0.882. The Labute approximate surface area is 95.6 Å². The minimum Gasteiger partial charge on any atom is -0.355 e. The fourth-order valence-corrected chi connectivity index (χ4v) is 2.76. The van der Waals surface area contributed by atoms with E-state index < -0.39 is 0 Å². The number of halogens is 1. The average Bonchev–Trinajstić information content (AvgIpc) is 2.75. The summed E-state index contributed by atoms with van der Waals surface area (Å²) in [6.45, 7) is 2.11. The van der Waals surface area contributed by atoms with Crippen LogP contribution in [0.15, 0.2) is 23.0 Å². The second-order valence-electron chi connectivity index (χ2n) is 2.89. The first-order valence-corrected chi connectivity index (χ1v) is 6.29. The van der Waals surface area contributed by atoms with Crippen LogP contribution in [0.1, 0.15) is 18.5 Å². The molecule has 74 valence electrons. The predicted molar refractivity (Wildman–Crippen MR) is 63.5 cm³/mol. The van der Waals surface area contributed by atoms with Crippen LogP contribution >= 0.6 is 34.3 Å². The van der Waals surface area contributed by atoms with Gasteiger partial charge in [0.05, 0.1) is 12.2 Å². The predicted octanol–water partition coefficient (Wildman–Crippen LogP) is 4.03. The van der Waals surface area contributed by atoms with Crippen LogP contribution in [0.2, 0.25) is 4.34 Å². The molecule has 0 saturated heterocycles. The lowest BCUT2D eigenvalue weighted by Crippen LogP contribution is -2.04. The van der Waals surface area contributed by atoms with Gasteiger partial charge < -0.3 is 5.32 Å². The van der Waals surface area contributed by atoms with E-state index in [4.69, 9.17) is 11.6 Å². The number of aromatic nitrogens is 1. The summed E-state index contributed by atoms with van der Waals surface area (Å²) in [6.07, 6.45) is 1.66. The summed E-state index contributed by atoms with van der Waals surface area (Å²) in [5.74, 6) is 0. The number of rotatable bonds is 3. The Kier molecular flexibility index (Phi) is 3.05. The number of nitrogens with zero attached hydrogens (tertiary/aromatic N) is 1.